The molecule has 2 rings (SSSR count). The summed E-state index contributed by atoms with van der Waals surface area (Å²) < 4.78 is 5.08. The van der Waals surface area contributed by atoms with Crippen molar-refractivity contribution in [2.45, 2.75) is 6.92 Å². The maximum atomic E-state index is 11.0. The molecular formula is C11H9NO2. The minimum Gasteiger partial charge on any atom is -0.421 e. The zero-order valence-corrected chi connectivity index (χ0v) is 7.73. The molecule has 0 radical (unpaired) electrons. The van der Waals surface area contributed by atoms with Crippen LogP contribution in [0, 0.1) is 6.92 Å². The third-order valence-electron chi connectivity index (χ3n) is 1.93. The van der Waals surface area contributed by atoms with Crippen LogP contribution in [0.15, 0.2) is 45.7 Å². The van der Waals surface area contributed by atoms with Gasteiger partial charge in [0, 0.05) is 12.3 Å². The highest BCUT2D eigenvalue weighted by molar-refractivity contribution is 5.55. The third kappa shape index (κ3) is 1.57. The molecule has 0 aromatic carbocycles. The number of hydrogen-bond donors (Lipinski definition) is 0. The monoisotopic (exact) mass is 187 g/mol. The van der Waals surface area contributed by atoms with Gasteiger partial charge in [0.1, 0.15) is 5.69 Å². The third-order valence-corrected chi connectivity index (χ3v) is 1.93. The average molecular weight is 187 g/mol. The van der Waals surface area contributed by atoms with Crippen LogP contribution in [-0.2, 0) is 0 Å². The maximum Gasteiger partial charge on any atom is 0.336 e. The van der Waals surface area contributed by atoms with Gasteiger partial charge in [0.15, 0.2) is 5.76 Å². The van der Waals surface area contributed by atoms with E-state index in [0.29, 0.717) is 11.5 Å². The molecule has 0 bridgehead atoms. The number of aryl methyl sites for hydroxylation is 1. The van der Waals surface area contributed by atoms with Crippen molar-refractivity contribution in [1.29, 1.82) is 0 Å². The van der Waals surface area contributed by atoms with Gasteiger partial charge in [-0.05, 0) is 30.7 Å². The first-order valence-corrected chi connectivity index (χ1v) is 4.29. The van der Waals surface area contributed by atoms with Crippen LogP contribution in [0.2, 0.25) is 0 Å². The summed E-state index contributed by atoms with van der Waals surface area (Å²) in [5, 5.41) is 0. The van der Waals surface area contributed by atoms with E-state index in [2.05, 4.69) is 4.98 Å². The fourth-order valence-electron chi connectivity index (χ4n) is 1.24. The van der Waals surface area contributed by atoms with Crippen molar-refractivity contribution in [2.75, 3.05) is 0 Å². The zero-order chi connectivity index (χ0) is 9.97. The second kappa shape index (κ2) is 3.46. The second-order valence-electron chi connectivity index (χ2n) is 2.98. The van der Waals surface area contributed by atoms with Gasteiger partial charge in [-0.15, -0.1) is 0 Å². The Hall–Kier alpha value is -1.90. The predicted octanol–water partition coefficient (Wildman–Crippen LogP) is 2.01. The van der Waals surface area contributed by atoms with Gasteiger partial charge < -0.3 is 4.42 Å². The van der Waals surface area contributed by atoms with E-state index in [0.717, 1.165) is 5.56 Å². The van der Waals surface area contributed by atoms with Crippen LogP contribution >= 0.6 is 0 Å². The largest absolute Gasteiger partial charge is 0.421 e. The van der Waals surface area contributed by atoms with Crippen molar-refractivity contribution in [1.82, 2.24) is 4.98 Å². The van der Waals surface area contributed by atoms with E-state index >= 15 is 0 Å². The predicted molar refractivity (Wildman–Crippen MR) is 52.9 cm³/mol. The summed E-state index contributed by atoms with van der Waals surface area (Å²) in [5.41, 5.74) is 1.24. The molecule has 0 amide bonds. The van der Waals surface area contributed by atoms with Crippen LogP contribution in [0.4, 0.5) is 0 Å². The lowest BCUT2D eigenvalue weighted by Crippen LogP contribution is -1.98. The van der Waals surface area contributed by atoms with Crippen LogP contribution in [0.3, 0.4) is 0 Å². The Morgan fingerprint density at radius 2 is 2.07 bits per heavy atom. The number of hydrogen-bond acceptors (Lipinski definition) is 3. The van der Waals surface area contributed by atoms with Gasteiger partial charge in [-0.2, -0.15) is 0 Å². The van der Waals surface area contributed by atoms with Crippen LogP contribution in [-0.4, -0.2) is 4.98 Å². The quantitative estimate of drug-likeness (QED) is 0.685. The molecule has 0 N–H and O–H groups in total. The number of aromatic nitrogens is 1. The van der Waals surface area contributed by atoms with E-state index in [1.54, 1.807) is 12.3 Å². The topological polar surface area (TPSA) is 43.1 Å². The van der Waals surface area contributed by atoms with Crippen LogP contribution in [0.1, 0.15) is 5.56 Å². The van der Waals surface area contributed by atoms with Gasteiger partial charge in [0.2, 0.25) is 0 Å². The van der Waals surface area contributed by atoms with Gasteiger partial charge in [-0.3, -0.25) is 4.98 Å². The Kier molecular flexibility index (Phi) is 2.14. The van der Waals surface area contributed by atoms with E-state index < -0.39 is 0 Å². The summed E-state index contributed by atoms with van der Waals surface area (Å²) in [7, 11) is 0. The molecule has 2 aromatic heterocycles. The lowest BCUT2D eigenvalue weighted by molar-refractivity contribution is 0.520. The molecule has 0 atom stereocenters. The Morgan fingerprint density at radius 1 is 1.21 bits per heavy atom. The highest BCUT2D eigenvalue weighted by Crippen LogP contribution is 2.18. The molecule has 2 heterocycles. The first kappa shape index (κ1) is 8.69. The fourth-order valence-corrected chi connectivity index (χ4v) is 1.24. The highest BCUT2D eigenvalue weighted by Gasteiger charge is 2.05. The van der Waals surface area contributed by atoms with Crippen molar-refractivity contribution < 1.29 is 4.42 Å². The molecule has 3 nitrogen and oxygen atoms in total. The van der Waals surface area contributed by atoms with Gasteiger partial charge in [0.25, 0.3) is 0 Å². The van der Waals surface area contributed by atoms with Crippen LogP contribution < -0.4 is 5.63 Å². The molecule has 2 aromatic rings. The first-order valence-electron chi connectivity index (χ1n) is 4.29. The van der Waals surface area contributed by atoms with Crippen molar-refractivity contribution >= 4 is 0 Å². The van der Waals surface area contributed by atoms with E-state index in [-0.39, 0.29) is 5.63 Å². The Bertz CT molecular complexity index is 488. The highest BCUT2D eigenvalue weighted by atomic mass is 16.4. The molecule has 0 unspecified atom stereocenters. The van der Waals surface area contributed by atoms with Gasteiger partial charge >= 0.3 is 5.63 Å². The second-order valence-corrected chi connectivity index (χ2v) is 2.98. The van der Waals surface area contributed by atoms with Gasteiger partial charge in [-0.25, -0.2) is 4.79 Å². The van der Waals surface area contributed by atoms with Crippen molar-refractivity contribution in [3.8, 4) is 11.5 Å². The van der Waals surface area contributed by atoms with E-state index in [1.807, 2.05) is 25.1 Å². The number of pyridine rings is 1. The molecule has 0 aliphatic rings. The molecule has 0 aliphatic carbocycles. The van der Waals surface area contributed by atoms with E-state index in [9.17, 15) is 4.79 Å². The Labute approximate surface area is 81.0 Å². The molecule has 14 heavy (non-hydrogen) atoms. The van der Waals surface area contributed by atoms with Crippen molar-refractivity contribution in [3.05, 3.63) is 52.5 Å². The minimum absolute atomic E-state index is 0.351. The van der Waals surface area contributed by atoms with Crippen LogP contribution in [0.25, 0.3) is 11.5 Å². The van der Waals surface area contributed by atoms with Crippen LogP contribution in [0.5, 0.6) is 0 Å². The minimum atomic E-state index is -0.351. The molecule has 0 spiro atoms. The Balaban J connectivity index is 2.62. The SMILES string of the molecule is Cc1ccc(=O)oc1-c1ccccn1. The standard InChI is InChI=1S/C11H9NO2/c1-8-5-6-10(13)14-11(8)9-4-2-3-7-12-9/h2-7H,1H3. The summed E-state index contributed by atoms with van der Waals surface area (Å²) in [6, 6.07) is 8.62. The smallest absolute Gasteiger partial charge is 0.336 e. The summed E-state index contributed by atoms with van der Waals surface area (Å²) in [4.78, 5) is 15.1. The summed E-state index contributed by atoms with van der Waals surface area (Å²) in [6.45, 7) is 1.88. The summed E-state index contributed by atoms with van der Waals surface area (Å²) >= 11 is 0. The summed E-state index contributed by atoms with van der Waals surface area (Å²) in [6.07, 6.45) is 1.67. The lowest BCUT2D eigenvalue weighted by atomic mass is 10.2. The number of nitrogens with zero attached hydrogens (tertiary/aromatic N) is 1. The number of rotatable bonds is 1. The molecule has 0 saturated carbocycles. The summed E-state index contributed by atoms with van der Waals surface area (Å²) in [5.74, 6) is 0.540. The normalized spacial score (nSPS) is 10.1. The van der Waals surface area contributed by atoms with Gasteiger partial charge in [-0.1, -0.05) is 6.07 Å². The lowest BCUT2D eigenvalue weighted by Gasteiger charge is -2.01. The molecule has 0 fully saturated rings. The van der Waals surface area contributed by atoms with Gasteiger partial charge in [0.05, 0.1) is 0 Å². The maximum absolute atomic E-state index is 11.0. The molecular weight excluding hydrogens is 178 g/mol. The Morgan fingerprint density at radius 3 is 2.79 bits per heavy atom. The fraction of sp³-hybridized carbons (Fsp3) is 0.0909. The molecule has 3 heteroatoms. The molecule has 0 saturated heterocycles. The molecule has 0 aliphatic heterocycles. The zero-order valence-electron chi connectivity index (χ0n) is 7.73. The van der Waals surface area contributed by atoms with Crippen molar-refractivity contribution in [3.63, 3.8) is 0 Å². The first-order chi connectivity index (χ1) is 6.77. The van der Waals surface area contributed by atoms with Crippen molar-refractivity contribution in [2.24, 2.45) is 0 Å². The average Bonchev–Trinajstić information content (AvgIpc) is 2.23. The molecule has 70 valence electrons. The van der Waals surface area contributed by atoms with E-state index in [1.165, 1.54) is 6.07 Å². The van der Waals surface area contributed by atoms with E-state index in [4.69, 9.17) is 4.42 Å².